The van der Waals surface area contributed by atoms with Crippen molar-refractivity contribution in [3.8, 4) is 0 Å². The molecule has 26 heavy (non-hydrogen) atoms. The number of nitrogens with zero attached hydrogens (tertiary/aromatic N) is 3. The molecule has 2 aliphatic rings. The van der Waals surface area contributed by atoms with Gasteiger partial charge in [-0.25, -0.2) is 0 Å². The van der Waals surface area contributed by atoms with Crippen LogP contribution in [0, 0.1) is 6.92 Å². The van der Waals surface area contributed by atoms with E-state index < -0.39 is 0 Å². The highest BCUT2D eigenvalue weighted by atomic mass is 32.2. The second kappa shape index (κ2) is 7.55. The number of Topliss-reactive ketones (excluding diaryl/α,β-unsaturated/α-hetero) is 1. The van der Waals surface area contributed by atoms with Crippen LogP contribution in [0.2, 0.25) is 0 Å². The molecule has 0 amide bonds. The molecule has 4 nitrogen and oxygen atoms in total. The van der Waals surface area contributed by atoms with Crippen LogP contribution < -0.4 is 0 Å². The lowest BCUT2D eigenvalue weighted by molar-refractivity contribution is 0.0993. The zero-order chi connectivity index (χ0) is 18.1. The third-order valence-electron chi connectivity index (χ3n) is 5.81. The van der Waals surface area contributed by atoms with Crippen LogP contribution in [0.3, 0.4) is 0 Å². The summed E-state index contributed by atoms with van der Waals surface area (Å²) >= 11 is 1.56. The molecule has 4 rings (SSSR count). The van der Waals surface area contributed by atoms with Gasteiger partial charge in [0.2, 0.25) is 0 Å². The van der Waals surface area contributed by atoms with Crippen LogP contribution in [-0.2, 0) is 12.8 Å². The normalized spacial score (nSPS) is 18.7. The van der Waals surface area contributed by atoms with Crippen molar-refractivity contribution in [2.45, 2.75) is 81.7 Å². The van der Waals surface area contributed by atoms with Crippen LogP contribution >= 0.6 is 11.8 Å². The molecule has 1 aromatic carbocycles. The molecule has 0 radical (unpaired) electrons. The predicted molar refractivity (Wildman–Crippen MR) is 105 cm³/mol. The minimum Gasteiger partial charge on any atom is -0.303 e. The number of fused-ring (bicyclic) bond motifs is 1. The van der Waals surface area contributed by atoms with Crippen molar-refractivity contribution in [3.05, 3.63) is 40.7 Å². The fourth-order valence-electron chi connectivity index (χ4n) is 4.36. The van der Waals surface area contributed by atoms with Crippen molar-refractivity contribution in [2.24, 2.45) is 0 Å². The van der Waals surface area contributed by atoms with E-state index in [-0.39, 0.29) is 11.0 Å². The Labute approximate surface area is 159 Å². The molecule has 1 unspecified atom stereocenters. The Morgan fingerprint density at radius 3 is 2.69 bits per heavy atom. The number of benzene rings is 1. The van der Waals surface area contributed by atoms with Gasteiger partial charge in [0.1, 0.15) is 5.82 Å². The Hall–Kier alpha value is -1.62. The largest absolute Gasteiger partial charge is 0.303 e. The first-order valence-electron chi connectivity index (χ1n) is 9.87. The summed E-state index contributed by atoms with van der Waals surface area (Å²) in [5, 5.41) is 9.44. The first-order chi connectivity index (χ1) is 12.6. The van der Waals surface area contributed by atoms with Crippen LogP contribution in [0.15, 0.2) is 23.4 Å². The van der Waals surface area contributed by atoms with E-state index in [1.54, 1.807) is 11.8 Å². The number of hydrogen-bond donors (Lipinski definition) is 0. The van der Waals surface area contributed by atoms with Gasteiger partial charge in [-0.05, 0) is 63.1 Å². The molecule has 2 aromatic rings. The minimum atomic E-state index is -0.152. The molecule has 0 bridgehead atoms. The molecule has 0 N–H and O–H groups in total. The van der Waals surface area contributed by atoms with Crippen LogP contribution in [-0.4, -0.2) is 25.8 Å². The fourth-order valence-corrected chi connectivity index (χ4v) is 5.40. The Balaban J connectivity index is 1.51. The Bertz CT molecular complexity index is 808. The van der Waals surface area contributed by atoms with Crippen molar-refractivity contribution in [1.82, 2.24) is 14.8 Å². The first kappa shape index (κ1) is 17.8. The molecule has 1 fully saturated rings. The van der Waals surface area contributed by atoms with E-state index in [4.69, 9.17) is 0 Å². The quantitative estimate of drug-likeness (QED) is 0.553. The second-order valence-electron chi connectivity index (χ2n) is 7.65. The maximum Gasteiger partial charge on any atom is 0.192 e. The summed E-state index contributed by atoms with van der Waals surface area (Å²) in [6.07, 6.45) is 9.73. The lowest BCUT2D eigenvalue weighted by Crippen LogP contribution is -2.18. The third kappa shape index (κ3) is 3.46. The van der Waals surface area contributed by atoms with Crippen LogP contribution in [0.25, 0.3) is 0 Å². The van der Waals surface area contributed by atoms with Gasteiger partial charge in [0.05, 0.1) is 5.25 Å². The third-order valence-corrected chi connectivity index (χ3v) is 6.87. The number of hydrogen-bond acceptors (Lipinski definition) is 4. The monoisotopic (exact) mass is 369 g/mol. The van der Waals surface area contributed by atoms with E-state index in [0.29, 0.717) is 6.04 Å². The van der Waals surface area contributed by atoms with Crippen LogP contribution in [0.1, 0.15) is 78.8 Å². The Morgan fingerprint density at radius 1 is 1.12 bits per heavy atom. The van der Waals surface area contributed by atoms with E-state index >= 15 is 0 Å². The fraction of sp³-hybridized carbons (Fsp3) is 0.571. The van der Waals surface area contributed by atoms with Crippen molar-refractivity contribution in [2.75, 3.05) is 0 Å². The number of thioether (sulfide) groups is 1. The highest BCUT2D eigenvalue weighted by Crippen LogP contribution is 2.34. The SMILES string of the molecule is Cc1nnc(SC(C)C(=O)c2ccc3c(c2)CCC3)n1C1CCCCC1. The molecular weight excluding hydrogens is 342 g/mol. The summed E-state index contributed by atoms with van der Waals surface area (Å²) in [6, 6.07) is 6.74. The molecule has 0 aliphatic heterocycles. The molecule has 1 heterocycles. The number of ketones is 1. The summed E-state index contributed by atoms with van der Waals surface area (Å²) in [7, 11) is 0. The number of aromatic nitrogens is 3. The lowest BCUT2D eigenvalue weighted by atomic mass is 9.95. The molecule has 0 saturated heterocycles. The van der Waals surface area contributed by atoms with E-state index in [1.165, 1.54) is 49.7 Å². The maximum absolute atomic E-state index is 13.0. The number of carbonyl (C=O) groups is 1. The van der Waals surface area contributed by atoms with Gasteiger partial charge in [-0.2, -0.15) is 0 Å². The van der Waals surface area contributed by atoms with Gasteiger partial charge in [0.15, 0.2) is 10.9 Å². The van der Waals surface area contributed by atoms with Gasteiger partial charge in [-0.15, -0.1) is 10.2 Å². The summed E-state index contributed by atoms with van der Waals surface area (Å²) in [6.45, 7) is 4.02. The van der Waals surface area contributed by atoms with E-state index in [0.717, 1.165) is 29.4 Å². The Morgan fingerprint density at radius 2 is 1.88 bits per heavy atom. The second-order valence-corrected chi connectivity index (χ2v) is 8.96. The van der Waals surface area contributed by atoms with Crippen molar-refractivity contribution in [1.29, 1.82) is 0 Å². The van der Waals surface area contributed by atoms with E-state index in [9.17, 15) is 4.79 Å². The van der Waals surface area contributed by atoms with Crippen molar-refractivity contribution < 1.29 is 4.79 Å². The van der Waals surface area contributed by atoms with Gasteiger partial charge in [0, 0.05) is 11.6 Å². The van der Waals surface area contributed by atoms with Gasteiger partial charge in [-0.1, -0.05) is 43.2 Å². The van der Waals surface area contributed by atoms with Gasteiger partial charge in [-0.3, -0.25) is 4.79 Å². The lowest BCUT2D eigenvalue weighted by Gasteiger charge is -2.25. The topological polar surface area (TPSA) is 47.8 Å². The molecule has 5 heteroatoms. The standard InChI is InChI=1S/C21H27N3OS/c1-14(20(25)18-12-11-16-7-6-8-17(16)13-18)26-21-23-22-15(2)24(21)19-9-4-3-5-10-19/h11-14,19H,3-10H2,1-2H3. The molecule has 2 aliphatic carbocycles. The smallest absolute Gasteiger partial charge is 0.192 e. The predicted octanol–water partition coefficient (Wildman–Crippen LogP) is 4.94. The van der Waals surface area contributed by atoms with E-state index in [2.05, 4.69) is 26.9 Å². The molecule has 138 valence electrons. The summed E-state index contributed by atoms with van der Waals surface area (Å²) in [4.78, 5) is 13.0. The molecule has 0 spiro atoms. The number of rotatable bonds is 5. The number of aryl methyl sites for hydroxylation is 3. The van der Waals surface area contributed by atoms with Gasteiger partial charge < -0.3 is 4.57 Å². The highest BCUT2D eigenvalue weighted by molar-refractivity contribution is 8.00. The average Bonchev–Trinajstić information content (AvgIpc) is 3.27. The van der Waals surface area contributed by atoms with E-state index in [1.807, 2.05) is 19.9 Å². The average molecular weight is 370 g/mol. The summed E-state index contributed by atoms with van der Waals surface area (Å²) in [5.74, 6) is 1.16. The highest BCUT2D eigenvalue weighted by Gasteiger charge is 2.25. The van der Waals surface area contributed by atoms with Gasteiger partial charge >= 0.3 is 0 Å². The van der Waals surface area contributed by atoms with Crippen LogP contribution in [0.5, 0.6) is 0 Å². The molecule has 1 saturated carbocycles. The van der Waals surface area contributed by atoms with Gasteiger partial charge in [0.25, 0.3) is 0 Å². The first-order valence-corrected chi connectivity index (χ1v) is 10.8. The van der Waals surface area contributed by atoms with Crippen LogP contribution in [0.4, 0.5) is 0 Å². The number of carbonyl (C=O) groups excluding carboxylic acids is 1. The summed E-state index contributed by atoms with van der Waals surface area (Å²) in [5.41, 5.74) is 3.61. The molecule has 1 aromatic heterocycles. The minimum absolute atomic E-state index is 0.152. The Kier molecular flexibility index (Phi) is 5.16. The van der Waals surface area contributed by atoms with Crippen molar-refractivity contribution in [3.63, 3.8) is 0 Å². The zero-order valence-electron chi connectivity index (χ0n) is 15.7. The maximum atomic E-state index is 13.0. The zero-order valence-corrected chi connectivity index (χ0v) is 16.5. The molecular formula is C21H27N3OS. The molecule has 1 atom stereocenters. The summed E-state index contributed by atoms with van der Waals surface area (Å²) < 4.78 is 2.27. The van der Waals surface area contributed by atoms with Crippen molar-refractivity contribution >= 4 is 17.5 Å².